The summed E-state index contributed by atoms with van der Waals surface area (Å²) in [6.45, 7) is 11.1. The predicted molar refractivity (Wildman–Crippen MR) is 115 cm³/mol. The minimum atomic E-state index is -0.766. The summed E-state index contributed by atoms with van der Waals surface area (Å²) in [4.78, 5) is 14.2. The first-order chi connectivity index (χ1) is 13.9. The lowest BCUT2D eigenvalue weighted by Crippen LogP contribution is -2.28. The van der Waals surface area contributed by atoms with Crippen molar-refractivity contribution < 1.29 is 14.6 Å². The van der Waals surface area contributed by atoms with Crippen LogP contribution in [0, 0.1) is 26.7 Å². The van der Waals surface area contributed by atoms with Crippen molar-refractivity contribution in [3.05, 3.63) is 57.6 Å². The zero-order chi connectivity index (χ0) is 20.5. The van der Waals surface area contributed by atoms with Gasteiger partial charge in [0.1, 0.15) is 0 Å². The van der Waals surface area contributed by atoms with Crippen LogP contribution in [0.25, 0.3) is 11.1 Å². The SMILES string of the molecule is Cc1ccc(-c2c(C)c3c(c(C)c2CC(=O)O)CN(CC2CCOCC2)C3)cc1. The smallest absolute Gasteiger partial charge is 0.307 e. The van der Waals surface area contributed by atoms with E-state index >= 15 is 0 Å². The maximum Gasteiger partial charge on any atom is 0.307 e. The molecule has 0 spiro atoms. The Morgan fingerprint density at radius 3 is 2.28 bits per heavy atom. The van der Waals surface area contributed by atoms with Crippen LogP contribution < -0.4 is 0 Å². The Balaban J connectivity index is 1.72. The van der Waals surface area contributed by atoms with Gasteiger partial charge in [0, 0.05) is 32.8 Å². The topological polar surface area (TPSA) is 49.8 Å². The van der Waals surface area contributed by atoms with Crippen LogP contribution in [0.4, 0.5) is 0 Å². The molecule has 4 nitrogen and oxygen atoms in total. The number of hydrogen-bond donors (Lipinski definition) is 1. The predicted octanol–water partition coefficient (Wildman–Crippen LogP) is 4.65. The van der Waals surface area contributed by atoms with E-state index in [0.717, 1.165) is 67.9 Å². The van der Waals surface area contributed by atoms with Crippen LogP contribution in [0.5, 0.6) is 0 Å². The number of nitrogens with zero attached hydrogens (tertiary/aromatic N) is 1. The molecular formula is C25H31NO3. The first-order valence-corrected chi connectivity index (χ1v) is 10.7. The van der Waals surface area contributed by atoms with Gasteiger partial charge in [0.05, 0.1) is 6.42 Å². The molecule has 4 rings (SSSR count). The molecular weight excluding hydrogens is 362 g/mol. The maximum absolute atomic E-state index is 11.7. The normalized spacial score (nSPS) is 17.5. The van der Waals surface area contributed by atoms with Crippen LogP contribution in [0.15, 0.2) is 24.3 Å². The van der Waals surface area contributed by atoms with Crippen LogP contribution in [-0.4, -0.2) is 35.7 Å². The lowest BCUT2D eigenvalue weighted by Gasteiger charge is -2.26. The second kappa shape index (κ2) is 8.29. The van der Waals surface area contributed by atoms with Crippen molar-refractivity contribution >= 4 is 5.97 Å². The standard InChI is InChI=1S/C25H31NO3/c1-16-4-6-20(7-5-16)25-18(3)23-15-26(13-19-8-10-29-11-9-19)14-22(23)17(2)21(25)12-24(27)28/h4-7,19H,8-15H2,1-3H3,(H,27,28). The number of carboxylic acids is 1. The number of carboxylic acid groups (broad SMARTS) is 1. The van der Waals surface area contributed by atoms with Gasteiger partial charge < -0.3 is 9.84 Å². The fourth-order valence-electron chi connectivity index (χ4n) is 5.04. The first kappa shape index (κ1) is 20.1. The van der Waals surface area contributed by atoms with Crippen LogP contribution in [0.1, 0.15) is 46.2 Å². The first-order valence-electron chi connectivity index (χ1n) is 10.7. The van der Waals surface area contributed by atoms with Gasteiger partial charge in [0.15, 0.2) is 0 Å². The van der Waals surface area contributed by atoms with E-state index in [2.05, 4.69) is 49.9 Å². The van der Waals surface area contributed by atoms with E-state index in [1.807, 2.05) is 0 Å². The Morgan fingerprint density at radius 1 is 1.03 bits per heavy atom. The third kappa shape index (κ3) is 4.10. The fourth-order valence-corrected chi connectivity index (χ4v) is 5.04. The third-order valence-electron chi connectivity index (χ3n) is 6.69. The molecule has 0 bridgehead atoms. The Labute approximate surface area is 173 Å². The van der Waals surface area contributed by atoms with Crippen LogP contribution in [-0.2, 0) is 29.0 Å². The minimum absolute atomic E-state index is 0.0725. The Kier molecular flexibility index (Phi) is 5.75. The molecule has 0 atom stereocenters. The lowest BCUT2D eigenvalue weighted by molar-refractivity contribution is -0.136. The molecule has 4 heteroatoms. The summed E-state index contributed by atoms with van der Waals surface area (Å²) >= 11 is 0. The molecule has 0 aromatic heterocycles. The zero-order valence-electron chi connectivity index (χ0n) is 17.8. The van der Waals surface area contributed by atoms with Crippen molar-refractivity contribution in [3.8, 4) is 11.1 Å². The maximum atomic E-state index is 11.7. The number of aryl methyl sites for hydroxylation is 1. The third-order valence-corrected chi connectivity index (χ3v) is 6.69. The number of hydrogen-bond acceptors (Lipinski definition) is 3. The van der Waals surface area contributed by atoms with Gasteiger partial charge in [-0.05, 0) is 78.5 Å². The molecule has 0 saturated carbocycles. The number of ether oxygens (including phenoxy) is 1. The Hall–Kier alpha value is -2.17. The van der Waals surface area contributed by atoms with Gasteiger partial charge in [-0.3, -0.25) is 9.69 Å². The summed E-state index contributed by atoms with van der Waals surface area (Å²) in [5.74, 6) is -0.0633. The van der Waals surface area contributed by atoms with E-state index < -0.39 is 5.97 Å². The molecule has 1 N–H and O–H groups in total. The van der Waals surface area contributed by atoms with Gasteiger partial charge in [-0.2, -0.15) is 0 Å². The summed E-state index contributed by atoms with van der Waals surface area (Å²) in [5.41, 5.74) is 9.60. The van der Waals surface area contributed by atoms with Crippen LogP contribution >= 0.6 is 0 Å². The van der Waals surface area contributed by atoms with Crippen molar-refractivity contribution in [1.29, 1.82) is 0 Å². The number of carbonyl (C=O) groups is 1. The number of rotatable bonds is 5. The highest BCUT2D eigenvalue weighted by Gasteiger charge is 2.29. The van der Waals surface area contributed by atoms with Crippen molar-refractivity contribution in [2.75, 3.05) is 19.8 Å². The molecule has 2 heterocycles. The van der Waals surface area contributed by atoms with Crippen LogP contribution in [0.2, 0.25) is 0 Å². The highest BCUT2D eigenvalue weighted by molar-refractivity contribution is 5.81. The van der Waals surface area contributed by atoms with Crippen molar-refractivity contribution in [2.24, 2.45) is 5.92 Å². The van der Waals surface area contributed by atoms with Gasteiger partial charge in [0.2, 0.25) is 0 Å². The largest absolute Gasteiger partial charge is 0.481 e. The summed E-state index contributed by atoms with van der Waals surface area (Å²) in [6, 6.07) is 8.48. The molecule has 0 unspecified atom stereocenters. The van der Waals surface area contributed by atoms with Gasteiger partial charge in [0.25, 0.3) is 0 Å². The molecule has 29 heavy (non-hydrogen) atoms. The average molecular weight is 394 g/mol. The molecule has 0 amide bonds. The number of fused-ring (bicyclic) bond motifs is 1. The van der Waals surface area contributed by atoms with Crippen molar-refractivity contribution in [3.63, 3.8) is 0 Å². The number of aliphatic carboxylic acids is 1. The van der Waals surface area contributed by atoms with Gasteiger partial charge in [-0.25, -0.2) is 0 Å². The molecule has 2 aromatic rings. The second-order valence-corrected chi connectivity index (χ2v) is 8.72. The molecule has 1 saturated heterocycles. The Bertz CT molecular complexity index is 911. The lowest BCUT2D eigenvalue weighted by atomic mass is 9.84. The van der Waals surface area contributed by atoms with E-state index in [9.17, 15) is 9.90 Å². The summed E-state index contributed by atoms with van der Waals surface area (Å²) in [6.07, 6.45) is 2.36. The van der Waals surface area contributed by atoms with E-state index in [1.165, 1.54) is 22.3 Å². The second-order valence-electron chi connectivity index (χ2n) is 8.72. The highest BCUT2D eigenvalue weighted by atomic mass is 16.5. The quantitative estimate of drug-likeness (QED) is 0.803. The summed E-state index contributed by atoms with van der Waals surface area (Å²) < 4.78 is 5.52. The summed E-state index contributed by atoms with van der Waals surface area (Å²) in [7, 11) is 0. The van der Waals surface area contributed by atoms with Crippen molar-refractivity contribution in [2.45, 2.75) is 53.1 Å². The van der Waals surface area contributed by atoms with Crippen LogP contribution in [0.3, 0.4) is 0 Å². The van der Waals surface area contributed by atoms with E-state index in [-0.39, 0.29) is 6.42 Å². The van der Waals surface area contributed by atoms with Gasteiger partial charge in [-0.15, -0.1) is 0 Å². The molecule has 154 valence electrons. The fraction of sp³-hybridized carbons (Fsp3) is 0.480. The zero-order valence-corrected chi connectivity index (χ0v) is 17.8. The molecule has 1 fully saturated rings. The van der Waals surface area contributed by atoms with E-state index in [1.54, 1.807) is 0 Å². The van der Waals surface area contributed by atoms with Gasteiger partial charge in [-0.1, -0.05) is 29.8 Å². The van der Waals surface area contributed by atoms with Gasteiger partial charge >= 0.3 is 5.97 Å². The van der Waals surface area contributed by atoms with Crippen molar-refractivity contribution in [1.82, 2.24) is 4.90 Å². The molecule has 0 radical (unpaired) electrons. The highest BCUT2D eigenvalue weighted by Crippen LogP contribution is 2.40. The average Bonchev–Trinajstić information content (AvgIpc) is 3.12. The van der Waals surface area contributed by atoms with E-state index in [0.29, 0.717) is 5.92 Å². The summed E-state index contributed by atoms with van der Waals surface area (Å²) in [5, 5.41) is 9.59. The molecule has 2 aliphatic rings. The molecule has 2 aliphatic heterocycles. The molecule has 0 aliphatic carbocycles. The molecule has 2 aromatic carbocycles. The minimum Gasteiger partial charge on any atom is -0.481 e. The number of benzene rings is 2. The Morgan fingerprint density at radius 2 is 1.66 bits per heavy atom. The monoisotopic (exact) mass is 393 g/mol. The van der Waals surface area contributed by atoms with E-state index in [4.69, 9.17) is 4.74 Å².